The van der Waals surface area contributed by atoms with Gasteiger partial charge < -0.3 is 17.2 Å². The fourth-order valence-electron chi connectivity index (χ4n) is 1.80. The standard InChI is InChI=1S/C9H19N5S/c1-15-7-4-2-3-6(5-7)13-9(12)14-8(10)11/h6-7H,2-5H2,1H3,(H6,10,11,12,13,14). The summed E-state index contributed by atoms with van der Waals surface area (Å²) in [5.74, 6) is 0.162. The second kappa shape index (κ2) is 5.85. The number of rotatable bonds is 2. The molecule has 0 spiro atoms. The average Bonchev–Trinajstić information content (AvgIpc) is 2.16. The molecule has 0 aromatic carbocycles. The van der Waals surface area contributed by atoms with Crippen LogP contribution < -0.4 is 17.2 Å². The third-order valence-electron chi connectivity index (χ3n) is 2.49. The second-order valence-electron chi connectivity index (χ2n) is 3.70. The normalized spacial score (nSPS) is 27.4. The quantitative estimate of drug-likeness (QED) is 0.466. The van der Waals surface area contributed by atoms with Crippen molar-refractivity contribution in [1.29, 1.82) is 0 Å². The van der Waals surface area contributed by atoms with Crippen molar-refractivity contribution in [2.24, 2.45) is 27.2 Å². The van der Waals surface area contributed by atoms with E-state index in [-0.39, 0.29) is 18.0 Å². The molecule has 0 aliphatic heterocycles. The Labute approximate surface area is 94.6 Å². The van der Waals surface area contributed by atoms with Gasteiger partial charge in [0, 0.05) is 5.25 Å². The van der Waals surface area contributed by atoms with Crippen molar-refractivity contribution in [1.82, 2.24) is 0 Å². The fourth-order valence-corrected chi connectivity index (χ4v) is 2.62. The molecule has 0 aromatic rings. The average molecular weight is 229 g/mol. The van der Waals surface area contributed by atoms with Gasteiger partial charge in [-0.1, -0.05) is 6.42 Å². The Hall–Kier alpha value is -0.910. The lowest BCUT2D eigenvalue weighted by atomic mass is 9.95. The number of nitrogens with two attached hydrogens (primary N) is 3. The summed E-state index contributed by atoms with van der Waals surface area (Å²) in [7, 11) is 0. The first kappa shape index (κ1) is 12.2. The number of guanidine groups is 2. The van der Waals surface area contributed by atoms with Gasteiger partial charge in [-0.2, -0.15) is 16.8 Å². The van der Waals surface area contributed by atoms with Crippen LogP contribution >= 0.6 is 11.8 Å². The second-order valence-corrected chi connectivity index (χ2v) is 4.84. The molecule has 1 rings (SSSR count). The number of hydrogen-bond donors (Lipinski definition) is 3. The lowest BCUT2D eigenvalue weighted by Gasteiger charge is -2.25. The lowest BCUT2D eigenvalue weighted by Crippen LogP contribution is -2.28. The van der Waals surface area contributed by atoms with E-state index >= 15 is 0 Å². The number of nitrogens with zero attached hydrogens (tertiary/aromatic N) is 2. The summed E-state index contributed by atoms with van der Waals surface area (Å²) >= 11 is 1.90. The van der Waals surface area contributed by atoms with E-state index in [9.17, 15) is 0 Å². The van der Waals surface area contributed by atoms with E-state index in [4.69, 9.17) is 17.2 Å². The van der Waals surface area contributed by atoms with Gasteiger partial charge in [-0.05, 0) is 25.5 Å². The van der Waals surface area contributed by atoms with Crippen LogP contribution in [0.15, 0.2) is 9.98 Å². The Balaban J connectivity index is 2.53. The van der Waals surface area contributed by atoms with Crippen LogP contribution in [0.1, 0.15) is 25.7 Å². The summed E-state index contributed by atoms with van der Waals surface area (Å²) in [6, 6.07) is 0.277. The third kappa shape index (κ3) is 4.42. The van der Waals surface area contributed by atoms with Crippen LogP contribution in [0.3, 0.4) is 0 Å². The molecule has 86 valence electrons. The van der Waals surface area contributed by atoms with Gasteiger partial charge in [0.1, 0.15) is 0 Å². The summed E-state index contributed by atoms with van der Waals surface area (Å²) in [4.78, 5) is 8.02. The van der Waals surface area contributed by atoms with E-state index < -0.39 is 0 Å². The molecule has 15 heavy (non-hydrogen) atoms. The van der Waals surface area contributed by atoms with Crippen molar-refractivity contribution >= 4 is 23.7 Å². The van der Waals surface area contributed by atoms with Gasteiger partial charge in [0.05, 0.1) is 6.04 Å². The van der Waals surface area contributed by atoms with Crippen molar-refractivity contribution in [3.05, 3.63) is 0 Å². The molecule has 6 N–H and O–H groups in total. The molecule has 0 bridgehead atoms. The van der Waals surface area contributed by atoms with Crippen LogP contribution in [0.25, 0.3) is 0 Å². The highest BCUT2D eigenvalue weighted by atomic mass is 32.2. The molecule has 1 aliphatic carbocycles. The molecule has 0 amide bonds. The van der Waals surface area contributed by atoms with Gasteiger partial charge in [-0.15, -0.1) is 0 Å². The molecule has 0 saturated heterocycles. The van der Waals surface area contributed by atoms with Gasteiger partial charge >= 0.3 is 0 Å². The van der Waals surface area contributed by atoms with Crippen molar-refractivity contribution in [2.45, 2.75) is 37.0 Å². The number of thioether (sulfide) groups is 1. The lowest BCUT2D eigenvalue weighted by molar-refractivity contribution is 0.453. The molecule has 2 atom stereocenters. The zero-order chi connectivity index (χ0) is 11.3. The maximum absolute atomic E-state index is 5.59. The molecule has 6 heteroatoms. The highest BCUT2D eigenvalue weighted by molar-refractivity contribution is 7.99. The minimum Gasteiger partial charge on any atom is -0.370 e. The van der Waals surface area contributed by atoms with E-state index in [1.807, 2.05) is 11.8 Å². The summed E-state index contributed by atoms with van der Waals surface area (Å²) < 4.78 is 0. The maximum Gasteiger partial charge on any atom is 0.218 e. The minimum absolute atomic E-state index is 0.0338. The van der Waals surface area contributed by atoms with Crippen LogP contribution in [0, 0.1) is 0 Å². The van der Waals surface area contributed by atoms with Gasteiger partial charge in [0.2, 0.25) is 5.96 Å². The molecule has 1 aliphatic rings. The monoisotopic (exact) mass is 229 g/mol. The fraction of sp³-hybridized carbons (Fsp3) is 0.778. The summed E-state index contributed by atoms with van der Waals surface area (Å²) in [5.41, 5.74) is 16.0. The van der Waals surface area contributed by atoms with E-state index in [1.54, 1.807) is 0 Å². The Kier molecular flexibility index (Phi) is 4.74. The predicted molar refractivity (Wildman–Crippen MR) is 67.0 cm³/mol. The summed E-state index contributed by atoms with van der Waals surface area (Å²) in [6.07, 6.45) is 6.76. The molecule has 0 aromatic heterocycles. The topological polar surface area (TPSA) is 103 Å². The smallest absolute Gasteiger partial charge is 0.218 e. The first-order valence-corrected chi connectivity index (χ1v) is 6.36. The van der Waals surface area contributed by atoms with E-state index in [2.05, 4.69) is 16.2 Å². The van der Waals surface area contributed by atoms with Gasteiger partial charge in [-0.25, -0.2) is 4.99 Å². The van der Waals surface area contributed by atoms with Crippen LogP contribution in [-0.4, -0.2) is 29.5 Å². The molecular formula is C9H19N5S. The zero-order valence-electron chi connectivity index (χ0n) is 9.02. The minimum atomic E-state index is -0.0338. The molecule has 1 fully saturated rings. The third-order valence-corrected chi connectivity index (χ3v) is 3.59. The van der Waals surface area contributed by atoms with Gasteiger partial charge in [0.15, 0.2) is 5.96 Å². The molecule has 2 unspecified atom stereocenters. The van der Waals surface area contributed by atoms with Crippen molar-refractivity contribution < 1.29 is 0 Å². The Morgan fingerprint density at radius 3 is 2.60 bits per heavy atom. The maximum atomic E-state index is 5.59. The predicted octanol–water partition coefficient (Wildman–Crippen LogP) is 0.249. The van der Waals surface area contributed by atoms with E-state index in [0.29, 0.717) is 5.25 Å². The highest BCUT2D eigenvalue weighted by Gasteiger charge is 2.20. The Morgan fingerprint density at radius 2 is 2.00 bits per heavy atom. The zero-order valence-corrected chi connectivity index (χ0v) is 9.83. The SMILES string of the molecule is CSC1CCCC(N=C(N)N=C(N)N)C1. The molecule has 1 saturated carbocycles. The van der Waals surface area contributed by atoms with Crippen LogP contribution in [-0.2, 0) is 0 Å². The van der Waals surface area contributed by atoms with E-state index in [0.717, 1.165) is 12.8 Å². The molecule has 0 radical (unpaired) electrons. The number of aliphatic imine (C=N–C) groups is 2. The first-order valence-electron chi connectivity index (χ1n) is 5.07. The first-order chi connectivity index (χ1) is 7.11. The van der Waals surface area contributed by atoms with Crippen LogP contribution in [0.2, 0.25) is 0 Å². The van der Waals surface area contributed by atoms with E-state index in [1.165, 1.54) is 12.8 Å². The Bertz CT molecular complexity index is 259. The van der Waals surface area contributed by atoms with Crippen molar-refractivity contribution in [2.75, 3.05) is 6.26 Å². The molecule has 0 heterocycles. The molecule has 5 nitrogen and oxygen atoms in total. The van der Waals surface area contributed by atoms with Gasteiger partial charge in [-0.3, -0.25) is 0 Å². The highest BCUT2D eigenvalue weighted by Crippen LogP contribution is 2.28. The summed E-state index contributed by atoms with van der Waals surface area (Å²) in [6.45, 7) is 0. The van der Waals surface area contributed by atoms with Crippen molar-refractivity contribution in [3.63, 3.8) is 0 Å². The number of hydrogen-bond acceptors (Lipinski definition) is 2. The van der Waals surface area contributed by atoms with Crippen LogP contribution in [0.4, 0.5) is 0 Å². The van der Waals surface area contributed by atoms with Crippen molar-refractivity contribution in [3.8, 4) is 0 Å². The Morgan fingerprint density at radius 1 is 1.27 bits per heavy atom. The van der Waals surface area contributed by atoms with Gasteiger partial charge in [0.25, 0.3) is 0 Å². The largest absolute Gasteiger partial charge is 0.370 e. The summed E-state index contributed by atoms with van der Waals surface area (Å²) in [5, 5.41) is 0.694. The molecular weight excluding hydrogens is 210 g/mol. The van der Waals surface area contributed by atoms with Crippen LogP contribution in [0.5, 0.6) is 0 Å².